The molecule has 0 saturated carbocycles. The summed E-state index contributed by atoms with van der Waals surface area (Å²) in [6, 6.07) is 8.61. The number of benzene rings is 1. The summed E-state index contributed by atoms with van der Waals surface area (Å²) in [6.07, 6.45) is -3.61. The van der Waals surface area contributed by atoms with Crippen molar-refractivity contribution in [3.05, 3.63) is 47.0 Å². The van der Waals surface area contributed by atoms with Crippen molar-refractivity contribution < 1.29 is 13.2 Å². The summed E-state index contributed by atoms with van der Waals surface area (Å²) in [5.41, 5.74) is 0.131. The van der Waals surface area contributed by atoms with Crippen LogP contribution < -0.4 is 5.32 Å². The largest absolute Gasteiger partial charge is 0.416 e. The Balaban J connectivity index is 2.46. The first-order valence-corrected chi connectivity index (χ1v) is 6.87. The third-order valence-corrected chi connectivity index (χ3v) is 3.10. The van der Waals surface area contributed by atoms with E-state index < -0.39 is 11.7 Å². The van der Waals surface area contributed by atoms with Crippen molar-refractivity contribution in [2.24, 2.45) is 0 Å². The van der Waals surface area contributed by atoms with Crippen LogP contribution in [-0.4, -0.2) is 11.5 Å². The van der Waals surface area contributed by atoms with Crippen molar-refractivity contribution in [1.82, 2.24) is 4.98 Å². The maximum Gasteiger partial charge on any atom is 0.416 e. The van der Waals surface area contributed by atoms with Crippen LogP contribution in [-0.2, 0) is 6.18 Å². The highest BCUT2D eigenvalue weighted by molar-refractivity contribution is 6.30. The van der Waals surface area contributed by atoms with Gasteiger partial charge >= 0.3 is 6.18 Å². The Morgan fingerprint density at radius 2 is 1.81 bits per heavy atom. The number of pyridine rings is 1. The first kappa shape index (κ1) is 15.6. The highest BCUT2D eigenvalue weighted by Gasteiger charge is 2.31. The third kappa shape index (κ3) is 4.11. The number of rotatable bonds is 4. The van der Waals surface area contributed by atoms with Crippen LogP contribution in [0.25, 0.3) is 11.3 Å². The zero-order valence-corrected chi connectivity index (χ0v) is 12.1. The quantitative estimate of drug-likeness (QED) is 0.834. The van der Waals surface area contributed by atoms with Gasteiger partial charge in [0, 0.05) is 17.1 Å². The van der Waals surface area contributed by atoms with E-state index in [4.69, 9.17) is 11.6 Å². The molecule has 0 aliphatic rings. The zero-order valence-electron chi connectivity index (χ0n) is 11.3. The molecule has 0 aliphatic carbocycles. The molecule has 112 valence electrons. The zero-order chi connectivity index (χ0) is 15.5. The molecule has 6 heteroatoms. The van der Waals surface area contributed by atoms with Crippen LogP contribution in [0.2, 0.25) is 5.02 Å². The number of hydrogen-bond acceptors (Lipinski definition) is 2. The van der Waals surface area contributed by atoms with E-state index in [-0.39, 0.29) is 11.5 Å². The van der Waals surface area contributed by atoms with Gasteiger partial charge in [-0.25, -0.2) is 4.98 Å². The van der Waals surface area contributed by atoms with Crippen molar-refractivity contribution >= 4 is 17.4 Å². The number of halogens is 4. The lowest BCUT2D eigenvalue weighted by atomic mass is 10.1. The van der Waals surface area contributed by atoms with E-state index in [1.54, 1.807) is 24.3 Å². The molecule has 21 heavy (non-hydrogen) atoms. The molecular formula is C15H14ClF3N2. The number of anilines is 1. The average molecular weight is 315 g/mol. The highest BCUT2D eigenvalue weighted by Crippen LogP contribution is 2.33. The van der Waals surface area contributed by atoms with Gasteiger partial charge in [0.05, 0.1) is 11.3 Å². The number of hydrogen-bond donors (Lipinski definition) is 1. The number of nitrogens with zero attached hydrogens (tertiary/aromatic N) is 1. The topological polar surface area (TPSA) is 24.9 Å². The van der Waals surface area contributed by atoms with Crippen LogP contribution in [0.1, 0.15) is 18.9 Å². The maximum atomic E-state index is 13.0. The lowest BCUT2D eigenvalue weighted by molar-refractivity contribution is -0.137. The van der Waals surface area contributed by atoms with Crippen LogP contribution in [0.5, 0.6) is 0 Å². The van der Waals surface area contributed by atoms with E-state index >= 15 is 0 Å². The Morgan fingerprint density at radius 1 is 1.14 bits per heavy atom. The predicted molar refractivity (Wildman–Crippen MR) is 78.5 cm³/mol. The van der Waals surface area contributed by atoms with E-state index in [1.807, 2.05) is 6.92 Å². The van der Waals surface area contributed by atoms with E-state index in [2.05, 4.69) is 10.3 Å². The van der Waals surface area contributed by atoms with E-state index in [0.717, 1.165) is 18.6 Å². The molecule has 0 saturated heterocycles. The van der Waals surface area contributed by atoms with Gasteiger partial charge < -0.3 is 5.32 Å². The van der Waals surface area contributed by atoms with Crippen molar-refractivity contribution in [2.75, 3.05) is 11.9 Å². The van der Waals surface area contributed by atoms with E-state index in [0.29, 0.717) is 17.1 Å². The molecule has 2 rings (SSSR count). The molecule has 0 unspecified atom stereocenters. The van der Waals surface area contributed by atoms with Gasteiger partial charge in [0.25, 0.3) is 0 Å². The van der Waals surface area contributed by atoms with Crippen LogP contribution >= 0.6 is 11.6 Å². The lowest BCUT2D eigenvalue weighted by Gasteiger charge is -2.12. The second kappa shape index (κ2) is 6.35. The fourth-order valence-corrected chi connectivity index (χ4v) is 1.93. The Labute approximate surface area is 126 Å². The standard InChI is InChI=1S/C15H14ClF3N2/c1-2-7-20-14-9-11(15(17,18)19)8-13(21-14)10-3-5-12(16)6-4-10/h3-6,8-9H,2,7H2,1H3,(H,20,21). The molecule has 0 atom stereocenters. The van der Waals surface area contributed by atoms with Crippen molar-refractivity contribution in [3.8, 4) is 11.3 Å². The molecule has 1 N–H and O–H groups in total. The summed E-state index contributed by atoms with van der Waals surface area (Å²) < 4.78 is 38.9. The predicted octanol–water partition coefficient (Wildman–Crippen LogP) is 5.24. The van der Waals surface area contributed by atoms with Gasteiger partial charge in [0.2, 0.25) is 0 Å². The Bertz CT molecular complexity index is 609. The fraction of sp³-hybridized carbons (Fsp3) is 0.267. The first-order chi connectivity index (χ1) is 9.90. The van der Waals surface area contributed by atoms with Gasteiger partial charge in [-0.2, -0.15) is 13.2 Å². The second-order valence-corrected chi connectivity index (χ2v) is 4.99. The number of aromatic nitrogens is 1. The van der Waals surface area contributed by atoms with Crippen molar-refractivity contribution in [2.45, 2.75) is 19.5 Å². The summed E-state index contributed by atoms with van der Waals surface area (Å²) in [6.45, 7) is 2.50. The summed E-state index contributed by atoms with van der Waals surface area (Å²) in [4.78, 5) is 4.23. The van der Waals surface area contributed by atoms with Crippen LogP contribution in [0.3, 0.4) is 0 Å². The molecule has 2 nitrogen and oxygen atoms in total. The smallest absolute Gasteiger partial charge is 0.370 e. The van der Waals surface area contributed by atoms with Gasteiger partial charge in [-0.05, 0) is 30.7 Å². The summed E-state index contributed by atoms with van der Waals surface area (Å²) in [5.74, 6) is 0.219. The fourth-order valence-electron chi connectivity index (χ4n) is 1.81. The van der Waals surface area contributed by atoms with Crippen molar-refractivity contribution in [3.63, 3.8) is 0 Å². The monoisotopic (exact) mass is 314 g/mol. The number of alkyl halides is 3. The Hall–Kier alpha value is -1.75. The summed E-state index contributed by atoms with van der Waals surface area (Å²) in [7, 11) is 0. The van der Waals surface area contributed by atoms with Gasteiger partial charge in [-0.3, -0.25) is 0 Å². The van der Waals surface area contributed by atoms with E-state index in [1.165, 1.54) is 0 Å². The normalized spacial score (nSPS) is 11.5. The molecular weight excluding hydrogens is 301 g/mol. The van der Waals surface area contributed by atoms with Crippen LogP contribution in [0.4, 0.5) is 19.0 Å². The highest BCUT2D eigenvalue weighted by atomic mass is 35.5. The number of nitrogens with one attached hydrogen (secondary N) is 1. The third-order valence-electron chi connectivity index (χ3n) is 2.85. The van der Waals surface area contributed by atoms with E-state index in [9.17, 15) is 13.2 Å². The molecule has 0 amide bonds. The SMILES string of the molecule is CCCNc1cc(C(F)(F)F)cc(-c2ccc(Cl)cc2)n1. The van der Waals surface area contributed by atoms with Crippen LogP contribution in [0, 0.1) is 0 Å². The minimum absolute atomic E-state index is 0.219. The average Bonchev–Trinajstić information content (AvgIpc) is 2.44. The molecule has 1 heterocycles. The molecule has 0 aliphatic heterocycles. The Kier molecular flexibility index (Phi) is 4.73. The van der Waals surface area contributed by atoms with Crippen molar-refractivity contribution in [1.29, 1.82) is 0 Å². The first-order valence-electron chi connectivity index (χ1n) is 6.49. The molecule has 0 radical (unpaired) electrons. The summed E-state index contributed by atoms with van der Waals surface area (Å²) >= 11 is 5.79. The lowest BCUT2D eigenvalue weighted by Crippen LogP contribution is -2.09. The van der Waals surface area contributed by atoms with Gasteiger partial charge in [0.15, 0.2) is 0 Å². The Morgan fingerprint density at radius 3 is 2.38 bits per heavy atom. The molecule has 1 aromatic carbocycles. The molecule has 0 fully saturated rings. The van der Waals surface area contributed by atoms with Gasteiger partial charge in [-0.15, -0.1) is 0 Å². The minimum Gasteiger partial charge on any atom is -0.370 e. The minimum atomic E-state index is -4.41. The summed E-state index contributed by atoms with van der Waals surface area (Å²) in [5, 5.41) is 3.41. The molecule has 0 bridgehead atoms. The molecule has 0 spiro atoms. The maximum absolute atomic E-state index is 13.0. The van der Waals surface area contributed by atoms with Gasteiger partial charge in [0.1, 0.15) is 5.82 Å². The molecule has 2 aromatic rings. The second-order valence-electron chi connectivity index (χ2n) is 4.56. The molecule has 1 aromatic heterocycles. The van der Waals surface area contributed by atoms with Crippen LogP contribution in [0.15, 0.2) is 36.4 Å². The van der Waals surface area contributed by atoms with Gasteiger partial charge in [-0.1, -0.05) is 30.7 Å².